The van der Waals surface area contributed by atoms with Gasteiger partial charge in [0.25, 0.3) is 5.91 Å². The number of nitrogens with zero attached hydrogens (tertiary/aromatic N) is 1. The Morgan fingerprint density at radius 1 is 1.27 bits per heavy atom. The Labute approximate surface area is 134 Å². The van der Waals surface area contributed by atoms with Crippen molar-refractivity contribution in [2.75, 3.05) is 11.9 Å². The Hall–Kier alpha value is -2.08. The van der Waals surface area contributed by atoms with E-state index in [0.717, 1.165) is 10.7 Å². The minimum absolute atomic E-state index is 0.0218. The van der Waals surface area contributed by atoms with Crippen molar-refractivity contribution in [3.63, 3.8) is 0 Å². The molecule has 22 heavy (non-hydrogen) atoms. The molecule has 0 saturated carbocycles. The van der Waals surface area contributed by atoms with Gasteiger partial charge in [-0.3, -0.25) is 4.79 Å². The molecular weight excluding hydrogens is 298 g/mol. The highest BCUT2D eigenvalue weighted by Gasteiger charge is 2.13. The standard InChI is InChI=1S/C16H21N3O2S/c1-16(2,3)19-14(20)11-21-13-6-4-12(5-7-13)10-18-15-17-8-9-22-15/h4-9H,10-11H2,1-3H3,(H,17,18)(H,19,20). The number of amides is 1. The van der Waals surface area contributed by atoms with Crippen LogP contribution in [0.1, 0.15) is 26.3 Å². The smallest absolute Gasteiger partial charge is 0.258 e. The predicted molar refractivity (Wildman–Crippen MR) is 89.3 cm³/mol. The van der Waals surface area contributed by atoms with E-state index in [4.69, 9.17) is 4.74 Å². The summed E-state index contributed by atoms with van der Waals surface area (Å²) in [6.45, 7) is 6.55. The molecule has 0 bridgehead atoms. The third kappa shape index (κ3) is 5.73. The lowest BCUT2D eigenvalue weighted by molar-refractivity contribution is -0.124. The van der Waals surface area contributed by atoms with E-state index in [1.165, 1.54) is 0 Å². The molecule has 0 aliphatic heterocycles. The molecule has 1 heterocycles. The van der Waals surface area contributed by atoms with Crippen LogP contribution in [0, 0.1) is 0 Å². The van der Waals surface area contributed by atoms with Gasteiger partial charge < -0.3 is 15.4 Å². The van der Waals surface area contributed by atoms with Crippen LogP contribution in [0.4, 0.5) is 5.13 Å². The second-order valence-electron chi connectivity index (χ2n) is 5.92. The monoisotopic (exact) mass is 319 g/mol. The van der Waals surface area contributed by atoms with E-state index in [-0.39, 0.29) is 18.1 Å². The number of carbonyl (C=O) groups excluding carboxylic acids is 1. The zero-order valence-electron chi connectivity index (χ0n) is 13.1. The zero-order valence-corrected chi connectivity index (χ0v) is 13.9. The Balaban J connectivity index is 1.78. The molecule has 0 saturated heterocycles. The molecule has 2 N–H and O–H groups in total. The van der Waals surface area contributed by atoms with E-state index in [9.17, 15) is 4.79 Å². The van der Waals surface area contributed by atoms with E-state index in [1.54, 1.807) is 17.5 Å². The first-order chi connectivity index (χ1) is 10.4. The van der Waals surface area contributed by atoms with Crippen LogP contribution in [0.15, 0.2) is 35.8 Å². The van der Waals surface area contributed by atoms with Crippen LogP contribution in [0.3, 0.4) is 0 Å². The second kappa shape index (κ2) is 7.26. The summed E-state index contributed by atoms with van der Waals surface area (Å²) in [4.78, 5) is 15.8. The van der Waals surface area contributed by atoms with Gasteiger partial charge in [-0.1, -0.05) is 12.1 Å². The third-order valence-electron chi connectivity index (χ3n) is 2.68. The average molecular weight is 319 g/mol. The fraction of sp³-hybridized carbons (Fsp3) is 0.375. The molecule has 0 radical (unpaired) electrons. The van der Waals surface area contributed by atoms with Crippen molar-refractivity contribution < 1.29 is 9.53 Å². The maximum absolute atomic E-state index is 11.7. The molecule has 6 heteroatoms. The number of hydrogen-bond donors (Lipinski definition) is 2. The molecular formula is C16H21N3O2S. The van der Waals surface area contributed by atoms with Gasteiger partial charge in [0, 0.05) is 23.7 Å². The van der Waals surface area contributed by atoms with Crippen molar-refractivity contribution in [2.24, 2.45) is 0 Å². The Morgan fingerprint density at radius 2 is 2.00 bits per heavy atom. The lowest BCUT2D eigenvalue weighted by Gasteiger charge is -2.20. The van der Waals surface area contributed by atoms with Crippen molar-refractivity contribution in [2.45, 2.75) is 32.9 Å². The van der Waals surface area contributed by atoms with Crippen LogP contribution in [0.5, 0.6) is 5.75 Å². The van der Waals surface area contributed by atoms with Crippen LogP contribution < -0.4 is 15.4 Å². The van der Waals surface area contributed by atoms with Gasteiger partial charge in [-0.05, 0) is 38.5 Å². The lowest BCUT2D eigenvalue weighted by atomic mass is 10.1. The van der Waals surface area contributed by atoms with Crippen LogP contribution >= 0.6 is 11.3 Å². The summed E-state index contributed by atoms with van der Waals surface area (Å²) in [5.41, 5.74) is 0.882. The van der Waals surface area contributed by atoms with Gasteiger partial charge in [-0.25, -0.2) is 4.98 Å². The van der Waals surface area contributed by atoms with Gasteiger partial charge in [0.15, 0.2) is 11.7 Å². The summed E-state index contributed by atoms with van der Waals surface area (Å²) in [6.07, 6.45) is 1.77. The number of aromatic nitrogens is 1. The Morgan fingerprint density at radius 3 is 2.59 bits per heavy atom. The van der Waals surface area contributed by atoms with Crippen molar-refractivity contribution in [3.05, 3.63) is 41.4 Å². The topological polar surface area (TPSA) is 63.2 Å². The Kier molecular flexibility index (Phi) is 5.38. The van der Waals surface area contributed by atoms with Crippen LogP contribution in [0.25, 0.3) is 0 Å². The van der Waals surface area contributed by atoms with E-state index in [0.29, 0.717) is 12.3 Å². The van der Waals surface area contributed by atoms with Gasteiger partial charge in [0.05, 0.1) is 0 Å². The average Bonchev–Trinajstić information content (AvgIpc) is 2.95. The van der Waals surface area contributed by atoms with Crippen molar-refractivity contribution in [1.82, 2.24) is 10.3 Å². The first-order valence-electron chi connectivity index (χ1n) is 7.08. The van der Waals surface area contributed by atoms with Gasteiger partial charge in [0.2, 0.25) is 0 Å². The minimum atomic E-state index is -0.244. The second-order valence-corrected chi connectivity index (χ2v) is 6.82. The summed E-state index contributed by atoms with van der Waals surface area (Å²) in [6, 6.07) is 7.67. The summed E-state index contributed by atoms with van der Waals surface area (Å²) < 4.78 is 5.48. The van der Waals surface area contributed by atoms with Crippen molar-refractivity contribution in [3.8, 4) is 5.75 Å². The van der Waals surface area contributed by atoms with E-state index >= 15 is 0 Å². The molecule has 0 aliphatic rings. The van der Waals surface area contributed by atoms with Crippen LogP contribution in [-0.4, -0.2) is 23.0 Å². The van der Waals surface area contributed by atoms with E-state index in [1.807, 2.05) is 50.4 Å². The normalized spacial score (nSPS) is 11.0. The molecule has 1 aromatic carbocycles. The van der Waals surface area contributed by atoms with Crippen LogP contribution in [-0.2, 0) is 11.3 Å². The molecule has 1 aromatic heterocycles. The molecule has 2 aromatic rings. The number of carbonyl (C=O) groups is 1. The van der Waals surface area contributed by atoms with Gasteiger partial charge in [-0.2, -0.15) is 0 Å². The van der Waals surface area contributed by atoms with Crippen LogP contribution in [0.2, 0.25) is 0 Å². The summed E-state index contributed by atoms with van der Waals surface area (Å²) in [7, 11) is 0. The summed E-state index contributed by atoms with van der Waals surface area (Å²) in [5, 5.41) is 8.93. The van der Waals surface area contributed by atoms with Gasteiger partial charge >= 0.3 is 0 Å². The van der Waals surface area contributed by atoms with E-state index < -0.39 is 0 Å². The number of benzene rings is 1. The fourth-order valence-electron chi connectivity index (χ4n) is 1.80. The maximum Gasteiger partial charge on any atom is 0.258 e. The number of nitrogens with one attached hydrogen (secondary N) is 2. The van der Waals surface area contributed by atoms with Crippen molar-refractivity contribution >= 4 is 22.4 Å². The molecule has 118 valence electrons. The summed E-state index contributed by atoms with van der Waals surface area (Å²) >= 11 is 1.57. The molecule has 0 atom stereocenters. The molecule has 2 rings (SSSR count). The highest BCUT2D eigenvalue weighted by molar-refractivity contribution is 7.13. The number of anilines is 1. The SMILES string of the molecule is CC(C)(C)NC(=O)COc1ccc(CNc2nccs2)cc1. The number of rotatable bonds is 6. The summed E-state index contributed by atoms with van der Waals surface area (Å²) in [5.74, 6) is 0.559. The highest BCUT2D eigenvalue weighted by atomic mass is 32.1. The largest absolute Gasteiger partial charge is 0.484 e. The van der Waals surface area contributed by atoms with Gasteiger partial charge in [-0.15, -0.1) is 11.3 Å². The molecule has 0 unspecified atom stereocenters. The number of thiazole rings is 1. The minimum Gasteiger partial charge on any atom is -0.484 e. The molecule has 0 fully saturated rings. The third-order valence-corrected chi connectivity index (χ3v) is 3.41. The Bertz CT molecular complexity index is 589. The first kappa shape index (κ1) is 16.3. The zero-order chi connectivity index (χ0) is 16.0. The molecule has 1 amide bonds. The molecule has 0 spiro atoms. The number of hydrogen-bond acceptors (Lipinski definition) is 5. The first-order valence-corrected chi connectivity index (χ1v) is 7.96. The molecule has 5 nitrogen and oxygen atoms in total. The van der Waals surface area contributed by atoms with Crippen molar-refractivity contribution in [1.29, 1.82) is 0 Å². The quantitative estimate of drug-likeness (QED) is 0.859. The number of ether oxygens (including phenoxy) is 1. The fourth-order valence-corrected chi connectivity index (χ4v) is 2.32. The maximum atomic E-state index is 11.7. The highest BCUT2D eigenvalue weighted by Crippen LogP contribution is 2.15. The lowest BCUT2D eigenvalue weighted by Crippen LogP contribution is -2.43. The predicted octanol–water partition coefficient (Wildman–Crippen LogP) is 3.05. The van der Waals surface area contributed by atoms with Gasteiger partial charge in [0.1, 0.15) is 5.75 Å². The molecule has 0 aliphatic carbocycles. The van der Waals surface area contributed by atoms with E-state index in [2.05, 4.69) is 15.6 Å².